The van der Waals surface area contributed by atoms with Crippen LogP contribution in [0.2, 0.25) is 0 Å². The molecule has 1 aromatic carbocycles. The van der Waals surface area contributed by atoms with Gasteiger partial charge in [-0.25, -0.2) is 0 Å². The van der Waals surface area contributed by atoms with E-state index in [1.807, 2.05) is 26.0 Å². The van der Waals surface area contributed by atoms with E-state index in [0.29, 0.717) is 18.7 Å². The zero-order valence-corrected chi connectivity index (χ0v) is 12.3. The van der Waals surface area contributed by atoms with Gasteiger partial charge < -0.3 is 16.0 Å². The van der Waals surface area contributed by atoms with Gasteiger partial charge in [-0.3, -0.25) is 9.59 Å². The van der Waals surface area contributed by atoms with Crippen LogP contribution in [0.25, 0.3) is 0 Å². The summed E-state index contributed by atoms with van der Waals surface area (Å²) >= 11 is 0. The second-order valence-electron chi connectivity index (χ2n) is 4.96. The van der Waals surface area contributed by atoms with Gasteiger partial charge >= 0.3 is 0 Å². The first-order valence-electron chi connectivity index (χ1n) is 6.80. The second kappa shape index (κ2) is 7.65. The third kappa shape index (κ3) is 4.66. The maximum absolute atomic E-state index is 12.1. The first kappa shape index (κ1) is 16.2. The molecular weight excluding hydrogens is 254 g/mol. The molecule has 1 aromatic rings. The molecule has 20 heavy (non-hydrogen) atoms. The summed E-state index contributed by atoms with van der Waals surface area (Å²) in [5, 5.41) is 3.17. The standard InChI is InChI=1S/C15H23N3O2/c1-4-17-9-11(2)15(20)18(3)10-12-5-7-13(8-6-12)14(16)19/h5-8,11,17H,4,9-10H2,1-3H3,(H2,16,19). The van der Waals surface area contributed by atoms with E-state index in [1.54, 1.807) is 24.1 Å². The summed E-state index contributed by atoms with van der Waals surface area (Å²) in [4.78, 5) is 24.8. The number of hydrogen-bond acceptors (Lipinski definition) is 3. The van der Waals surface area contributed by atoms with Crippen molar-refractivity contribution in [2.24, 2.45) is 11.7 Å². The van der Waals surface area contributed by atoms with E-state index in [9.17, 15) is 9.59 Å². The van der Waals surface area contributed by atoms with E-state index < -0.39 is 5.91 Å². The number of hydrogen-bond donors (Lipinski definition) is 2. The molecule has 0 bridgehead atoms. The number of rotatable bonds is 7. The van der Waals surface area contributed by atoms with Gasteiger partial charge in [0, 0.05) is 31.6 Å². The molecule has 1 rings (SSSR count). The minimum Gasteiger partial charge on any atom is -0.366 e. The third-order valence-corrected chi connectivity index (χ3v) is 3.16. The number of nitrogens with zero attached hydrogens (tertiary/aromatic N) is 1. The van der Waals surface area contributed by atoms with Gasteiger partial charge in [0.25, 0.3) is 0 Å². The lowest BCUT2D eigenvalue weighted by Gasteiger charge is -2.21. The Labute approximate surface area is 120 Å². The van der Waals surface area contributed by atoms with Crippen LogP contribution in [0.15, 0.2) is 24.3 Å². The van der Waals surface area contributed by atoms with Gasteiger partial charge in [0.05, 0.1) is 0 Å². The van der Waals surface area contributed by atoms with E-state index in [1.165, 1.54) is 0 Å². The van der Waals surface area contributed by atoms with Crippen LogP contribution in [0.4, 0.5) is 0 Å². The van der Waals surface area contributed by atoms with Crippen molar-refractivity contribution in [1.82, 2.24) is 10.2 Å². The van der Waals surface area contributed by atoms with Crippen LogP contribution >= 0.6 is 0 Å². The average Bonchev–Trinajstić information content (AvgIpc) is 2.44. The number of nitrogens with two attached hydrogens (primary N) is 1. The number of carbonyl (C=O) groups is 2. The lowest BCUT2D eigenvalue weighted by Crippen LogP contribution is -2.36. The minimum absolute atomic E-state index is 0.0511. The van der Waals surface area contributed by atoms with Crippen molar-refractivity contribution in [3.63, 3.8) is 0 Å². The van der Waals surface area contributed by atoms with E-state index >= 15 is 0 Å². The fourth-order valence-corrected chi connectivity index (χ4v) is 1.95. The van der Waals surface area contributed by atoms with E-state index in [-0.39, 0.29) is 11.8 Å². The molecule has 0 aliphatic heterocycles. The number of nitrogens with one attached hydrogen (secondary N) is 1. The van der Waals surface area contributed by atoms with Gasteiger partial charge in [0.2, 0.25) is 11.8 Å². The highest BCUT2D eigenvalue weighted by Crippen LogP contribution is 2.09. The predicted octanol–water partition coefficient (Wildman–Crippen LogP) is 0.989. The van der Waals surface area contributed by atoms with Crippen molar-refractivity contribution in [3.8, 4) is 0 Å². The molecule has 5 heteroatoms. The molecule has 0 aliphatic rings. The predicted molar refractivity (Wildman–Crippen MR) is 79.1 cm³/mol. The third-order valence-electron chi connectivity index (χ3n) is 3.16. The van der Waals surface area contributed by atoms with Crippen LogP contribution < -0.4 is 11.1 Å². The van der Waals surface area contributed by atoms with Crippen molar-refractivity contribution < 1.29 is 9.59 Å². The molecule has 0 saturated heterocycles. The highest BCUT2D eigenvalue weighted by atomic mass is 16.2. The van der Waals surface area contributed by atoms with Gasteiger partial charge in [0.15, 0.2) is 0 Å². The summed E-state index contributed by atoms with van der Waals surface area (Å²) in [6.07, 6.45) is 0. The first-order valence-corrected chi connectivity index (χ1v) is 6.80. The molecule has 0 radical (unpaired) electrons. The Morgan fingerprint density at radius 2 is 1.90 bits per heavy atom. The molecule has 3 N–H and O–H groups in total. The molecule has 1 unspecified atom stereocenters. The summed E-state index contributed by atoms with van der Waals surface area (Å²) in [7, 11) is 1.78. The summed E-state index contributed by atoms with van der Waals surface area (Å²) in [5.41, 5.74) is 6.64. The largest absolute Gasteiger partial charge is 0.366 e. The lowest BCUT2D eigenvalue weighted by molar-refractivity contribution is -0.134. The zero-order chi connectivity index (χ0) is 15.1. The Kier molecular flexibility index (Phi) is 6.18. The Hall–Kier alpha value is -1.88. The second-order valence-corrected chi connectivity index (χ2v) is 4.96. The van der Waals surface area contributed by atoms with Crippen molar-refractivity contribution in [2.45, 2.75) is 20.4 Å². The summed E-state index contributed by atoms with van der Waals surface area (Å²) < 4.78 is 0. The van der Waals surface area contributed by atoms with Gasteiger partial charge in [0.1, 0.15) is 0 Å². The molecule has 110 valence electrons. The molecule has 0 heterocycles. The van der Waals surface area contributed by atoms with Crippen LogP contribution in [0.5, 0.6) is 0 Å². The molecule has 0 aliphatic carbocycles. The Morgan fingerprint density at radius 1 is 1.30 bits per heavy atom. The van der Waals surface area contributed by atoms with Gasteiger partial charge in [-0.1, -0.05) is 26.0 Å². The summed E-state index contributed by atoms with van der Waals surface area (Å²) in [6.45, 7) is 5.99. The maximum Gasteiger partial charge on any atom is 0.248 e. The van der Waals surface area contributed by atoms with Crippen molar-refractivity contribution in [1.29, 1.82) is 0 Å². The van der Waals surface area contributed by atoms with E-state index in [0.717, 1.165) is 12.1 Å². The molecule has 0 saturated carbocycles. The van der Waals surface area contributed by atoms with Crippen molar-refractivity contribution in [3.05, 3.63) is 35.4 Å². The Morgan fingerprint density at radius 3 is 2.40 bits per heavy atom. The molecule has 0 fully saturated rings. The zero-order valence-electron chi connectivity index (χ0n) is 12.3. The van der Waals surface area contributed by atoms with Crippen molar-refractivity contribution >= 4 is 11.8 Å². The molecule has 1 atom stereocenters. The monoisotopic (exact) mass is 277 g/mol. The lowest BCUT2D eigenvalue weighted by atomic mass is 10.1. The highest BCUT2D eigenvalue weighted by molar-refractivity contribution is 5.92. The summed E-state index contributed by atoms with van der Waals surface area (Å²) in [6, 6.07) is 6.99. The van der Waals surface area contributed by atoms with Crippen LogP contribution in [-0.4, -0.2) is 36.9 Å². The normalized spacial score (nSPS) is 11.9. The Balaban J connectivity index is 2.58. The first-order chi connectivity index (χ1) is 9.45. The number of benzene rings is 1. The van der Waals surface area contributed by atoms with Gasteiger partial charge in [-0.2, -0.15) is 0 Å². The SMILES string of the molecule is CCNCC(C)C(=O)N(C)Cc1ccc(C(N)=O)cc1. The fourth-order valence-electron chi connectivity index (χ4n) is 1.95. The van der Waals surface area contributed by atoms with Crippen LogP contribution in [0.1, 0.15) is 29.8 Å². The van der Waals surface area contributed by atoms with E-state index in [4.69, 9.17) is 5.73 Å². The smallest absolute Gasteiger partial charge is 0.248 e. The number of amides is 2. The van der Waals surface area contributed by atoms with Crippen molar-refractivity contribution in [2.75, 3.05) is 20.1 Å². The van der Waals surface area contributed by atoms with E-state index in [2.05, 4.69) is 5.32 Å². The molecule has 2 amide bonds. The molecule has 0 aromatic heterocycles. The average molecular weight is 277 g/mol. The maximum atomic E-state index is 12.1. The highest BCUT2D eigenvalue weighted by Gasteiger charge is 2.17. The topological polar surface area (TPSA) is 75.4 Å². The minimum atomic E-state index is -0.444. The van der Waals surface area contributed by atoms with Crippen LogP contribution in [-0.2, 0) is 11.3 Å². The van der Waals surface area contributed by atoms with Crippen LogP contribution in [0.3, 0.4) is 0 Å². The number of carbonyl (C=O) groups excluding carboxylic acids is 2. The molecular formula is C15H23N3O2. The molecule has 5 nitrogen and oxygen atoms in total. The Bertz CT molecular complexity index is 457. The summed E-state index contributed by atoms with van der Waals surface area (Å²) in [5.74, 6) is -0.394. The number of primary amides is 1. The van der Waals surface area contributed by atoms with Crippen LogP contribution in [0, 0.1) is 5.92 Å². The quantitative estimate of drug-likeness (QED) is 0.780. The molecule has 0 spiro atoms. The fraction of sp³-hybridized carbons (Fsp3) is 0.467. The van der Waals surface area contributed by atoms with Gasteiger partial charge in [-0.15, -0.1) is 0 Å². The van der Waals surface area contributed by atoms with Gasteiger partial charge in [-0.05, 0) is 24.2 Å².